The van der Waals surface area contributed by atoms with Crippen molar-refractivity contribution in [3.05, 3.63) is 28.7 Å². The summed E-state index contributed by atoms with van der Waals surface area (Å²) in [5.74, 6) is 0.636. The summed E-state index contributed by atoms with van der Waals surface area (Å²) in [6.45, 7) is 2.24. The molecule has 0 N–H and O–H groups in total. The third-order valence-corrected chi connectivity index (χ3v) is 4.47. The molecule has 0 fully saturated rings. The SMILES string of the molecule is CCOC(=O)c1cc2ccc(OC)cc2[se]1. The molecule has 1 aromatic heterocycles. The van der Waals surface area contributed by atoms with Crippen LogP contribution in [0.5, 0.6) is 5.75 Å². The second-order valence-electron chi connectivity index (χ2n) is 3.23. The third kappa shape index (κ3) is 2.13. The van der Waals surface area contributed by atoms with Crippen molar-refractivity contribution >= 4 is 30.1 Å². The van der Waals surface area contributed by atoms with E-state index in [2.05, 4.69) is 0 Å². The van der Waals surface area contributed by atoms with Gasteiger partial charge in [0.25, 0.3) is 0 Å². The molecule has 0 bridgehead atoms. The monoisotopic (exact) mass is 284 g/mol. The van der Waals surface area contributed by atoms with E-state index in [0.717, 1.165) is 15.6 Å². The van der Waals surface area contributed by atoms with Crippen LogP contribution in [0.15, 0.2) is 24.3 Å². The maximum absolute atomic E-state index is 11.6. The third-order valence-electron chi connectivity index (χ3n) is 2.20. The Morgan fingerprint density at radius 2 is 2.19 bits per heavy atom. The van der Waals surface area contributed by atoms with Gasteiger partial charge in [-0.1, -0.05) is 0 Å². The Morgan fingerprint density at radius 3 is 2.88 bits per heavy atom. The number of carbonyl (C=O) groups is 1. The zero-order valence-corrected chi connectivity index (χ0v) is 10.9. The fourth-order valence-electron chi connectivity index (χ4n) is 1.44. The van der Waals surface area contributed by atoms with Gasteiger partial charge in [-0.3, -0.25) is 0 Å². The van der Waals surface area contributed by atoms with Crippen molar-refractivity contribution in [1.82, 2.24) is 0 Å². The van der Waals surface area contributed by atoms with Gasteiger partial charge in [-0.25, -0.2) is 0 Å². The summed E-state index contributed by atoms with van der Waals surface area (Å²) in [6.07, 6.45) is 0. The first-order valence-electron chi connectivity index (χ1n) is 4.99. The van der Waals surface area contributed by atoms with Crippen LogP contribution < -0.4 is 4.74 Å². The van der Waals surface area contributed by atoms with Crippen LogP contribution in [0.2, 0.25) is 0 Å². The molecular weight excluding hydrogens is 271 g/mol. The Morgan fingerprint density at radius 1 is 1.38 bits per heavy atom. The van der Waals surface area contributed by atoms with Crippen molar-refractivity contribution in [1.29, 1.82) is 0 Å². The quantitative estimate of drug-likeness (QED) is 0.639. The van der Waals surface area contributed by atoms with E-state index in [1.54, 1.807) is 7.11 Å². The minimum atomic E-state index is -0.197. The molecule has 84 valence electrons. The molecule has 16 heavy (non-hydrogen) atoms. The number of carbonyl (C=O) groups excluding carboxylic acids is 1. The molecule has 0 aliphatic rings. The molecule has 0 atom stereocenters. The Labute approximate surface area is 99.7 Å². The van der Waals surface area contributed by atoms with Gasteiger partial charge in [-0.15, -0.1) is 0 Å². The van der Waals surface area contributed by atoms with Crippen LogP contribution in [0.25, 0.3) is 9.65 Å². The molecule has 2 aromatic rings. The fourth-order valence-corrected chi connectivity index (χ4v) is 3.51. The topological polar surface area (TPSA) is 35.5 Å². The summed E-state index contributed by atoms with van der Waals surface area (Å²) in [4.78, 5) is 11.6. The summed E-state index contributed by atoms with van der Waals surface area (Å²) in [5, 5.41) is 1.10. The van der Waals surface area contributed by atoms with E-state index in [1.807, 2.05) is 31.2 Å². The number of benzene rings is 1. The minimum absolute atomic E-state index is 0.0378. The summed E-state index contributed by atoms with van der Waals surface area (Å²) in [5.41, 5.74) is 0. The molecule has 0 unspecified atom stereocenters. The van der Waals surface area contributed by atoms with Crippen LogP contribution in [0.1, 0.15) is 16.2 Å². The first-order valence-corrected chi connectivity index (χ1v) is 6.70. The number of hydrogen-bond donors (Lipinski definition) is 0. The normalized spacial score (nSPS) is 10.4. The Balaban J connectivity index is 2.39. The van der Waals surface area contributed by atoms with Gasteiger partial charge in [-0.2, -0.15) is 0 Å². The predicted molar refractivity (Wildman–Crippen MR) is 63.4 cm³/mol. The molecule has 0 saturated carbocycles. The molecule has 0 spiro atoms. The van der Waals surface area contributed by atoms with Crippen molar-refractivity contribution in [3.8, 4) is 5.75 Å². The average Bonchev–Trinajstić information content (AvgIpc) is 2.71. The van der Waals surface area contributed by atoms with Gasteiger partial charge in [-0.05, 0) is 0 Å². The van der Waals surface area contributed by atoms with Crippen LogP contribution in [0.3, 0.4) is 0 Å². The Bertz CT molecular complexity index is 516. The molecule has 0 saturated heterocycles. The van der Waals surface area contributed by atoms with E-state index in [9.17, 15) is 4.79 Å². The van der Waals surface area contributed by atoms with Gasteiger partial charge >= 0.3 is 99.5 Å². The van der Waals surface area contributed by atoms with Crippen molar-refractivity contribution in [2.45, 2.75) is 6.92 Å². The number of esters is 1. The van der Waals surface area contributed by atoms with Crippen LogP contribution in [0, 0.1) is 0 Å². The number of rotatable bonds is 3. The summed E-state index contributed by atoms with van der Waals surface area (Å²) in [6, 6.07) is 7.77. The van der Waals surface area contributed by atoms with Crippen LogP contribution in [0.4, 0.5) is 0 Å². The van der Waals surface area contributed by atoms with Crippen molar-refractivity contribution in [2.24, 2.45) is 0 Å². The number of fused-ring (bicyclic) bond motifs is 1. The maximum atomic E-state index is 11.6. The van der Waals surface area contributed by atoms with Gasteiger partial charge in [0.15, 0.2) is 0 Å². The summed E-state index contributed by atoms with van der Waals surface area (Å²) < 4.78 is 12.1. The summed E-state index contributed by atoms with van der Waals surface area (Å²) >= 11 is 0.0378. The molecule has 0 aliphatic carbocycles. The first kappa shape index (κ1) is 11.2. The molecule has 3 nitrogen and oxygen atoms in total. The molecule has 0 amide bonds. The van der Waals surface area contributed by atoms with E-state index in [1.165, 1.54) is 4.26 Å². The fraction of sp³-hybridized carbons (Fsp3) is 0.250. The second kappa shape index (κ2) is 4.72. The zero-order valence-electron chi connectivity index (χ0n) is 9.15. The van der Waals surface area contributed by atoms with Crippen LogP contribution >= 0.6 is 0 Å². The molecule has 2 rings (SSSR count). The number of ether oxygens (including phenoxy) is 2. The van der Waals surface area contributed by atoms with Gasteiger partial charge in [0.1, 0.15) is 0 Å². The van der Waals surface area contributed by atoms with Gasteiger partial charge in [0.2, 0.25) is 0 Å². The average molecular weight is 283 g/mol. The van der Waals surface area contributed by atoms with E-state index < -0.39 is 0 Å². The molecule has 1 heterocycles. The van der Waals surface area contributed by atoms with Gasteiger partial charge in [0.05, 0.1) is 0 Å². The number of methoxy groups -OCH3 is 1. The second-order valence-corrected chi connectivity index (χ2v) is 5.51. The Hall–Kier alpha value is -1.25. The van der Waals surface area contributed by atoms with Crippen molar-refractivity contribution in [3.63, 3.8) is 0 Å². The summed E-state index contributed by atoms with van der Waals surface area (Å²) in [7, 11) is 1.64. The molecular formula is C12H12O3Se. The van der Waals surface area contributed by atoms with Gasteiger partial charge < -0.3 is 0 Å². The standard InChI is InChI=1S/C12H12O3Se/c1-3-15-12(13)11-6-8-4-5-9(14-2)7-10(8)16-11/h4-7H,3H2,1-2H3. The molecule has 4 heteroatoms. The Kier molecular flexibility index (Phi) is 3.32. The zero-order chi connectivity index (χ0) is 11.5. The molecule has 0 aliphatic heterocycles. The van der Waals surface area contributed by atoms with Crippen molar-refractivity contribution < 1.29 is 14.3 Å². The van der Waals surface area contributed by atoms with Gasteiger partial charge in [0, 0.05) is 0 Å². The van der Waals surface area contributed by atoms with E-state index in [-0.39, 0.29) is 20.5 Å². The predicted octanol–water partition coefficient (Wildman–Crippen LogP) is 2.08. The number of hydrogen-bond acceptors (Lipinski definition) is 3. The van der Waals surface area contributed by atoms with Crippen LogP contribution in [-0.4, -0.2) is 34.2 Å². The first-order chi connectivity index (χ1) is 7.74. The molecule has 0 radical (unpaired) electrons. The van der Waals surface area contributed by atoms with E-state index in [4.69, 9.17) is 9.47 Å². The van der Waals surface area contributed by atoms with E-state index in [0.29, 0.717) is 6.61 Å². The molecule has 1 aromatic carbocycles. The van der Waals surface area contributed by atoms with E-state index >= 15 is 0 Å². The van der Waals surface area contributed by atoms with Crippen molar-refractivity contribution in [2.75, 3.05) is 13.7 Å². The van der Waals surface area contributed by atoms with Crippen LogP contribution in [-0.2, 0) is 4.74 Å².